The predicted molar refractivity (Wildman–Crippen MR) is 101 cm³/mol. The Hall–Kier alpha value is -1.40. The number of rotatable bonds is 6. The Labute approximate surface area is 151 Å². The number of hydrogen-bond acceptors (Lipinski definition) is 4. The summed E-state index contributed by atoms with van der Waals surface area (Å²) >= 11 is 0. The average molecular weight is 351 g/mol. The molecule has 1 aliphatic heterocycles. The molecule has 1 amide bonds. The maximum Gasteiger partial charge on any atom is 0.239 e. The van der Waals surface area contributed by atoms with Gasteiger partial charge in [-0.2, -0.15) is 5.10 Å². The maximum atomic E-state index is 12.4. The van der Waals surface area contributed by atoms with Crippen molar-refractivity contribution < 1.29 is 9.53 Å². The van der Waals surface area contributed by atoms with Crippen LogP contribution in [0.15, 0.2) is 6.07 Å². The van der Waals surface area contributed by atoms with E-state index in [-0.39, 0.29) is 11.4 Å². The van der Waals surface area contributed by atoms with Gasteiger partial charge in [-0.1, -0.05) is 13.8 Å². The molecule has 25 heavy (non-hydrogen) atoms. The van der Waals surface area contributed by atoms with Gasteiger partial charge >= 0.3 is 0 Å². The number of carbonyl (C=O) groups excluding carboxylic acids is 1. The minimum Gasteiger partial charge on any atom is -0.378 e. The summed E-state index contributed by atoms with van der Waals surface area (Å²) in [6.07, 6.45) is 2.34. The summed E-state index contributed by atoms with van der Waals surface area (Å²) < 4.78 is 7.79. The quantitative estimate of drug-likeness (QED) is 0.857. The van der Waals surface area contributed by atoms with Crippen molar-refractivity contribution in [3.05, 3.63) is 11.8 Å². The lowest BCUT2D eigenvalue weighted by Gasteiger charge is -2.31. The van der Waals surface area contributed by atoms with Gasteiger partial charge in [0.25, 0.3) is 0 Å². The van der Waals surface area contributed by atoms with Crippen LogP contribution in [0.3, 0.4) is 0 Å². The van der Waals surface area contributed by atoms with E-state index < -0.39 is 0 Å². The molecular weight excluding hydrogens is 316 g/mol. The van der Waals surface area contributed by atoms with Gasteiger partial charge in [0.15, 0.2) is 0 Å². The number of aromatic nitrogens is 2. The van der Waals surface area contributed by atoms with E-state index in [0.29, 0.717) is 18.6 Å². The van der Waals surface area contributed by atoms with E-state index in [2.05, 4.69) is 49.9 Å². The summed E-state index contributed by atoms with van der Waals surface area (Å²) in [6, 6.07) is 1.93. The summed E-state index contributed by atoms with van der Waals surface area (Å²) in [5.74, 6) is 1.36. The number of carbonyl (C=O) groups is 1. The summed E-state index contributed by atoms with van der Waals surface area (Å²) in [4.78, 5) is 14.6. The Morgan fingerprint density at radius 2 is 2.00 bits per heavy atom. The molecule has 0 unspecified atom stereocenters. The predicted octanol–water partition coefficient (Wildman–Crippen LogP) is 3.02. The smallest absolute Gasteiger partial charge is 0.239 e. The fourth-order valence-corrected chi connectivity index (χ4v) is 3.05. The highest BCUT2D eigenvalue weighted by Gasteiger charge is 2.23. The second-order valence-electron chi connectivity index (χ2n) is 8.50. The van der Waals surface area contributed by atoms with E-state index in [9.17, 15) is 4.79 Å². The highest BCUT2D eigenvalue weighted by Crippen LogP contribution is 2.21. The zero-order chi connectivity index (χ0) is 18.6. The van der Waals surface area contributed by atoms with Crippen molar-refractivity contribution in [1.82, 2.24) is 14.7 Å². The van der Waals surface area contributed by atoms with Gasteiger partial charge in [0, 0.05) is 25.8 Å². The van der Waals surface area contributed by atoms with Crippen molar-refractivity contribution in [3.63, 3.8) is 0 Å². The van der Waals surface area contributed by atoms with Crippen LogP contribution in [-0.4, -0.2) is 52.9 Å². The van der Waals surface area contributed by atoms with Crippen LogP contribution in [0, 0.1) is 12.8 Å². The van der Waals surface area contributed by atoms with Crippen LogP contribution in [0.25, 0.3) is 0 Å². The molecule has 0 spiro atoms. The Morgan fingerprint density at radius 3 is 2.56 bits per heavy atom. The monoisotopic (exact) mass is 350 g/mol. The Morgan fingerprint density at radius 1 is 1.36 bits per heavy atom. The van der Waals surface area contributed by atoms with Crippen molar-refractivity contribution in [2.24, 2.45) is 5.92 Å². The molecule has 0 radical (unpaired) electrons. The minimum absolute atomic E-state index is 0.0203. The first-order valence-electron chi connectivity index (χ1n) is 9.36. The van der Waals surface area contributed by atoms with Gasteiger partial charge in [0.05, 0.1) is 23.9 Å². The van der Waals surface area contributed by atoms with Crippen molar-refractivity contribution in [1.29, 1.82) is 0 Å². The van der Waals surface area contributed by atoms with E-state index in [4.69, 9.17) is 4.74 Å². The van der Waals surface area contributed by atoms with Crippen LogP contribution in [0.4, 0.5) is 5.82 Å². The standard InChI is InChI=1S/C19H34N4O2/c1-14(2)13-25-16-7-9-22(10-8-16)12-18(24)20-17-11-15(3)21-23(17)19(4,5)6/h11,14,16H,7-10,12-13H2,1-6H3,(H,20,24). The molecule has 1 aromatic heterocycles. The van der Waals surface area contributed by atoms with Gasteiger partial charge in [0.2, 0.25) is 5.91 Å². The van der Waals surface area contributed by atoms with Crippen LogP contribution in [0.2, 0.25) is 0 Å². The van der Waals surface area contributed by atoms with Crippen molar-refractivity contribution in [2.45, 2.75) is 66.0 Å². The Balaban J connectivity index is 1.82. The number of nitrogens with zero attached hydrogens (tertiary/aromatic N) is 3. The number of amides is 1. The number of nitrogens with one attached hydrogen (secondary N) is 1. The third-order valence-electron chi connectivity index (χ3n) is 4.30. The van der Waals surface area contributed by atoms with Crippen LogP contribution in [0.1, 0.15) is 53.2 Å². The summed E-state index contributed by atoms with van der Waals surface area (Å²) in [5, 5.41) is 7.52. The fourth-order valence-electron chi connectivity index (χ4n) is 3.05. The van der Waals surface area contributed by atoms with Crippen LogP contribution in [0.5, 0.6) is 0 Å². The topological polar surface area (TPSA) is 59.4 Å². The molecule has 1 N–H and O–H groups in total. The summed E-state index contributed by atoms with van der Waals surface area (Å²) in [7, 11) is 0. The molecule has 1 aromatic rings. The molecule has 1 fully saturated rings. The first-order chi connectivity index (χ1) is 11.6. The average Bonchev–Trinajstić information content (AvgIpc) is 2.87. The highest BCUT2D eigenvalue weighted by molar-refractivity contribution is 5.91. The molecule has 142 valence electrons. The summed E-state index contributed by atoms with van der Waals surface area (Å²) in [6.45, 7) is 15.6. The molecule has 0 bridgehead atoms. The molecule has 2 heterocycles. The first-order valence-corrected chi connectivity index (χ1v) is 9.36. The van der Waals surface area contributed by atoms with Gasteiger partial charge in [-0.25, -0.2) is 4.68 Å². The second-order valence-corrected chi connectivity index (χ2v) is 8.50. The zero-order valence-electron chi connectivity index (χ0n) is 16.6. The van der Waals surface area contributed by atoms with Gasteiger partial charge in [-0.15, -0.1) is 0 Å². The van der Waals surface area contributed by atoms with Gasteiger partial charge in [-0.05, 0) is 46.5 Å². The molecule has 0 atom stereocenters. The number of piperidine rings is 1. The van der Waals surface area contributed by atoms with Crippen molar-refractivity contribution in [2.75, 3.05) is 31.6 Å². The number of likely N-dealkylation sites (tertiary alicyclic amines) is 1. The van der Waals surface area contributed by atoms with E-state index in [1.165, 1.54) is 0 Å². The third kappa shape index (κ3) is 6.12. The highest BCUT2D eigenvalue weighted by atomic mass is 16.5. The second kappa shape index (κ2) is 8.32. The SMILES string of the molecule is Cc1cc(NC(=O)CN2CCC(OCC(C)C)CC2)n(C(C)(C)C)n1. The molecule has 0 aromatic carbocycles. The lowest BCUT2D eigenvalue weighted by atomic mass is 10.1. The van der Waals surface area contributed by atoms with E-state index >= 15 is 0 Å². The largest absolute Gasteiger partial charge is 0.378 e. The van der Waals surface area contributed by atoms with Gasteiger partial charge in [0.1, 0.15) is 5.82 Å². The molecule has 0 saturated carbocycles. The first kappa shape index (κ1) is 19.9. The van der Waals surface area contributed by atoms with Gasteiger partial charge < -0.3 is 10.1 Å². The van der Waals surface area contributed by atoms with E-state index in [1.54, 1.807) is 0 Å². The number of aryl methyl sites for hydroxylation is 1. The molecular formula is C19H34N4O2. The molecule has 6 heteroatoms. The van der Waals surface area contributed by atoms with Gasteiger partial charge in [-0.3, -0.25) is 9.69 Å². The van der Waals surface area contributed by atoms with E-state index in [0.717, 1.165) is 44.0 Å². The zero-order valence-corrected chi connectivity index (χ0v) is 16.6. The number of hydrogen-bond donors (Lipinski definition) is 1. The van der Waals surface area contributed by atoms with Crippen molar-refractivity contribution >= 4 is 11.7 Å². The number of ether oxygens (including phenoxy) is 1. The fraction of sp³-hybridized carbons (Fsp3) is 0.789. The lowest BCUT2D eigenvalue weighted by molar-refractivity contribution is -0.118. The Bertz CT molecular complexity index is 566. The molecule has 2 rings (SSSR count). The Kier molecular flexibility index (Phi) is 6.63. The minimum atomic E-state index is -0.164. The van der Waals surface area contributed by atoms with Crippen molar-refractivity contribution in [3.8, 4) is 0 Å². The third-order valence-corrected chi connectivity index (χ3v) is 4.30. The molecule has 1 saturated heterocycles. The van der Waals surface area contributed by atoms with Crippen LogP contribution < -0.4 is 5.32 Å². The van der Waals surface area contributed by atoms with Crippen LogP contribution >= 0.6 is 0 Å². The van der Waals surface area contributed by atoms with E-state index in [1.807, 2.05) is 17.7 Å². The number of anilines is 1. The molecule has 1 aliphatic rings. The lowest BCUT2D eigenvalue weighted by Crippen LogP contribution is -2.41. The summed E-state index contributed by atoms with van der Waals surface area (Å²) in [5.41, 5.74) is 0.747. The van der Waals surface area contributed by atoms with Crippen LogP contribution in [-0.2, 0) is 15.1 Å². The maximum absolute atomic E-state index is 12.4. The molecule has 6 nitrogen and oxygen atoms in total. The normalized spacial score (nSPS) is 17.2. The molecule has 0 aliphatic carbocycles.